The Bertz CT molecular complexity index is 125. The summed E-state index contributed by atoms with van der Waals surface area (Å²) >= 11 is -7.73. The molecular formula is C3H3F7I-. The van der Waals surface area contributed by atoms with Gasteiger partial charge in [-0.15, -0.1) is 0 Å². The monoisotopic (exact) mass is 299 g/mol. The van der Waals surface area contributed by atoms with Gasteiger partial charge in [-0.05, 0) is 0 Å². The molecule has 8 heteroatoms. The molecule has 0 heterocycles. The Morgan fingerprint density at radius 3 is 1.18 bits per heavy atom. The van der Waals surface area contributed by atoms with Gasteiger partial charge in [0.1, 0.15) is 0 Å². The van der Waals surface area contributed by atoms with Crippen LogP contribution in [-0.4, -0.2) is 9.85 Å². The molecule has 0 radical (unpaired) electrons. The maximum atomic E-state index is 11.9. The Morgan fingerprint density at radius 2 is 1.18 bits per heavy atom. The summed E-state index contributed by atoms with van der Waals surface area (Å²) in [7, 11) is 0. The maximum absolute atomic E-state index is 11.9. The van der Waals surface area contributed by atoms with E-state index in [2.05, 4.69) is 0 Å². The van der Waals surface area contributed by atoms with Gasteiger partial charge in [0.15, 0.2) is 0 Å². The van der Waals surface area contributed by atoms with Crippen molar-refractivity contribution in [1.82, 2.24) is 0 Å². The van der Waals surface area contributed by atoms with Crippen molar-refractivity contribution in [2.75, 3.05) is 0 Å². The van der Waals surface area contributed by atoms with E-state index in [-0.39, 0.29) is 0 Å². The molecule has 0 saturated carbocycles. The summed E-state index contributed by atoms with van der Waals surface area (Å²) in [6.07, 6.45) is -5.83. The van der Waals surface area contributed by atoms with Crippen LogP contribution in [0.2, 0.25) is 0 Å². The molecule has 0 amide bonds. The van der Waals surface area contributed by atoms with Crippen molar-refractivity contribution in [1.29, 1.82) is 0 Å². The molecule has 72 valence electrons. The molecule has 0 saturated heterocycles. The van der Waals surface area contributed by atoms with E-state index in [1.54, 1.807) is 0 Å². The molecule has 0 aromatic heterocycles. The van der Waals surface area contributed by atoms with Crippen molar-refractivity contribution in [2.24, 2.45) is 0 Å². The second kappa shape index (κ2) is 2.63. The number of rotatable bonds is 1. The van der Waals surface area contributed by atoms with Crippen LogP contribution >= 0.6 is 0 Å². The summed E-state index contributed by atoms with van der Waals surface area (Å²) in [5.41, 5.74) is 0. The Kier molecular flexibility index (Phi) is 2.69. The van der Waals surface area contributed by atoms with Gasteiger partial charge in [-0.2, -0.15) is 0 Å². The van der Waals surface area contributed by atoms with Gasteiger partial charge in [0.25, 0.3) is 0 Å². The first kappa shape index (κ1) is 11.2. The fourth-order valence-electron chi connectivity index (χ4n) is 0.121. The third-order valence-electron chi connectivity index (χ3n) is 0.900. The second-order valence-corrected chi connectivity index (χ2v) is 5.94. The van der Waals surface area contributed by atoms with Gasteiger partial charge in [-0.25, -0.2) is 0 Å². The fourth-order valence-corrected chi connectivity index (χ4v) is 0.815. The molecule has 0 aromatic rings. The third-order valence-corrected chi connectivity index (χ3v) is 3.81. The van der Waals surface area contributed by atoms with Gasteiger partial charge in [-0.1, -0.05) is 0 Å². The topological polar surface area (TPSA) is 0 Å². The molecule has 11 heavy (non-hydrogen) atoms. The third kappa shape index (κ3) is 2.09. The standard InChI is InChI=1S/C3H3F7I/c1-2(4,3(5,6)7)11(8,9)10/h1H3/q-1. The van der Waals surface area contributed by atoms with Gasteiger partial charge in [0.05, 0.1) is 0 Å². The zero-order valence-corrected chi connectivity index (χ0v) is 7.18. The van der Waals surface area contributed by atoms with Crippen LogP contribution in [0.15, 0.2) is 0 Å². The van der Waals surface area contributed by atoms with Gasteiger partial charge in [0, 0.05) is 0 Å². The van der Waals surface area contributed by atoms with Crippen molar-refractivity contribution in [3.8, 4) is 0 Å². The molecular weight excluding hydrogens is 296 g/mol. The molecule has 1 atom stereocenters. The number of halogens is 8. The SMILES string of the molecule is CC(F)(C(F)(F)F)[I-](F)(F)F. The van der Waals surface area contributed by atoms with Gasteiger partial charge in [-0.3, -0.25) is 0 Å². The molecule has 0 bridgehead atoms. The summed E-state index contributed by atoms with van der Waals surface area (Å²) in [6, 6.07) is 0. The number of alkyl halides is 5. The van der Waals surface area contributed by atoms with Crippen molar-refractivity contribution in [2.45, 2.75) is 16.8 Å². The summed E-state index contributed by atoms with van der Waals surface area (Å²) in [4.78, 5) is 0. The molecule has 0 aromatic carbocycles. The van der Waals surface area contributed by atoms with Gasteiger partial charge in [0.2, 0.25) is 0 Å². The first-order chi connectivity index (χ1) is 4.50. The number of hydrogen-bond donors (Lipinski definition) is 0. The first-order valence-electron chi connectivity index (χ1n) is 2.12. The summed E-state index contributed by atoms with van der Waals surface area (Å²) < 4.78 is 75.1. The second-order valence-electron chi connectivity index (χ2n) is 1.76. The molecule has 0 spiro atoms. The Balaban J connectivity index is 4.75. The Hall–Kier alpha value is 0.240. The van der Waals surface area contributed by atoms with E-state index in [1.807, 2.05) is 0 Å². The van der Waals surface area contributed by atoms with E-state index in [9.17, 15) is 26.1 Å². The summed E-state index contributed by atoms with van der Waals surface area (Å²) in [5.74, 6) is 0. The van der Waals surface area contributed by atoms with Crippen LogP contribution in [0, 0.1) is 0 Å². The van der Waals surface area contributed by atoms with E-state index < -0.39 is 36.9 Å². The van der Waals surface area contributed by atoms with E-state index in [0.29, 0.717) is 0 Å². The van der Waals surface area contributed by atoms with Crippen molar-refractivity contribution in [3.05, 3.63) is 0 Å². The molecule has 0 aliphatic rings. The van der Waals surface area contributed by atoms with Crippen LogP contribution in [0.4, 0.5) is 26.1 Å². The zero-order chi connectivity index (χ0) is 9.50. The molecule has 0 nitrogen and oxygen atoms in total. The van der Waals surface area contributed by atoms with E-state index in [1.165, 1.54) is 0 Å². The first-order valence-corrected chi connectivity index (χ1v) is 5.65. The molecule has 0 aliphatic carbocycles. The predicted molar refractivity (Wildman–Crippen MR) is 18.9 cm³/mol. The van der Waals surface area contributed by atoms with Crippen molar-refractivity contribution < 1.29 is 46.3 Å². The van der Waals surface area contributed by atoms with Crippen LogP contribution in [0.25, 0.3) is 0 Å². The zero-order valence-electron chi connectivity index (χ0n) is 5.02. The van der Waals surface area contributed by atoms with Gasteiger partial charge >= 0.3 is 63.1 Å². The average Bonchev–Trinajstić information content (AvgIpc) is 1.58. The van der Waals surface area contributed by atoms with Crippen LogP contribution in [0.1, 0.15) is 6.92 Å². The molecule has 1 unspecified atom stereocenters. The van der Waals surface area contributed by atoms with E-state index in [0.717, 1.165) is 0 Å². The quantitative estimate of drug-likeness (QED) is 0.365. The van der Waals surface area contributed by atoms with E-state index >= 15 is 0 Å². The Labute approximate surface area is 63.6 Å². The van der Waals surface area contributed by atoms with Crippen LogP contribution < -0.4 is 20.2 Å². The molecule has 0 fully saturated rings. The molecule has 0 N–H and O–H groups in total. The minimum atomic E-state index is -7.73. The molecule has 0 rings (SSSR count). The predicted octanol–water partition coefficient (Wildman–Crippen LogP) is 0.0483. The average molecular weight is 299 g/mol. The van der Waals surface area contributed by atoms with E-state index in [4.69, 9.17) is 0 Å². The van der Waals surface area contributed by atoms with Gasteiger partial charge < -0.3 is 0 Å². The summed E-state index contributed by atoms with van der Waals surface area (Å²) in [5, 5.41) is 0. The van der Waals surface area contributed by atoms with Crippen molar-refractivity contribution in [3.63, 3.8) is 0 Å². The normalized spacial score (nSPS) is 21.1. The minimum absolute atomic E-state index is 0.482. The number of hydrogen-bond acceptors (Lipinski definition) is 0. The fraction of sp³-hybridized carbons (Fsp3) is 1.00. The Morgan fingerprint density at radius 1 is 0.909 bits per heavy atom. The van der Waals surface area contributed by atoms with Crippen LogP contribution in [-0.2, 0) is 0 Å². The van der Waals surface area contributed by atoms with Crippen LogP contribution in [0.3, 0.4) is 0 Å². The van der Waals surface area contributed by atoms with Crippen molar-refractivity contribution >= 4 is 0 Å². The summed E-state index contributed by atoms with van der Waals surface area (Å²) in [6.45, 7) is -0.482. The molecule has 0 aliphatic heterocycles. The van der Waals surface area contributed by atoms with Crippen LogP contribution in [0.5, 0.6) is 0 Å².